The van der Waals surface area contributed by atoms with Crippen LogP contribution in [0.4, 0.5) is 0 Å². The van der Waals surface area contributed by atoms with Gasteiger partial charge in [0.1, 0.15) is 0 Å². The quantitative estimate of drug-likeness (QED) is 0.851. The maximum atomic E-state index is 12.9. The first-order valence-electron chi connectivity index (χ1n) is 9.77. The molecule has 0 radical (unpaired) electrons. The van der Waals surface area contributed by atoms with E-state index in [0.29, 0.717) is 44.3 Å². The van der Waals surface area contributed by atoms with Crippen molar-refractivity contribution in [2.75, 3.05) is 13.1 Å². The van der Waals surface area contributed by atoms with Crippen molar-refractivity contribution in [1.29, 1.82) is 0 Å². The molecule has 0 bridgehead atoms. The second-order valence-corrected chi connectivity index (χ2v) is 8.12. The summed E-state index contributed by atoms with van der Waals surface area (Å²) in [5.74, 6) is -1.08. The van der Waals surface area contributed by atoms with E-state index in [2.05, 4.69) is 5.32 Å². The summed E-state index contributed by atoms with van der Waals surface area (Å²) in [6.07, 6.45) is 4.16. The van der Waals surface area contributed by atoms with E-state index in [1.54, 1.807) is 17.0 Å². The van der Waals surface area contributed by atoms with Gasteiger partial charge < -0.3 is 15.3 Å². The Balaban J connectivity index is 1.59. The van der Waals surface area contributed by atoms with Crippen LogP contribution in [0, 0.1) is 11.3 Å². The molecule has 2 aliphatic rings. The molecule has 1 aliphatic carbocycles. The minimum Gasteiger partial charge on any atom is -0.481 e. The molecule has 0 aromatic heterocycles. The number of carboxylic acids is 1. The first-order chi connectivity index (χ1) is 12.9. The number of aliphatic carboxylic acids is 1. The summed E-state index contributed by atoms with van der Waals surface area (Å²) in [5.41, 5.74) is 0.0425. The van der Waals surface area contributed by atoms with Crippen molar-refractivity contribution < 1.29 is 19.5 Å². The molecule has 6 heteroatoms. The number of nitrogens with zero attached hydrogens (tertiary/aromatic N) is 1. The first kappa shape index (κ1) is 19.4. The fraction of sp³-hybridized carbons (Fsp3) is 0.571. The molecule has 1 atom stereocenters. The Kier molecular flexibility index (Phi) is 5.82. The number of carbonyl (C=O) groups excluding carboxylic acids is 2. The second-order valence-electron chi connectivity index (χ2n) is 8.12. The Bertz CT molecular complexity index is 697. The lowest BCUT2D eigenvalue weighted by molar-refractivity contribution is -0.143. The van der Waals surface area contributed by atoms with Crippen LogP contribution in [0.5, 0.6) is 0 Å². The third-order valence-electron chi connectivity index (χ3n) is 5.96. The molecule has 2 fully saturated rings. The Morgan fingerprint density at radius 3 is 2.41 bits per heavy atom. The van der Waals surface area contributed by atoms with Crippen molar-refractivity contribution in [2.45, 2.75) is 51.5 Å². The number of hydrogen-bond donors (Lipinski definition) is 2. The number of piperidine rings is 1. The van der Waals surface area contributed by atoms with Crippen LogP contribution in [-0.2, 0) is 9.59 Å². The number of carboxylic acid groups (broad SMARTS) is 1. The number of amides is 2. The zero-order valence-corrected chi connectivity index (χ0v) is 15.8. The van der Waals surface area contributed by atoms with E-state index in [1.807, 2.05) is 25.1 Å². The SMILES string of the molecule is CC1(C(=O)NC2CCC(C(=O)O)CC2)CCCN(C(=O)c2ccccc2)C1. The van der Waals surface area contributed by atoms with Crippen LogP contribution in [0.15, 0.2) is 30.3 Å². The lowest BCUT2D eigenvalue weighted by Crippen LogP contribution is -2.54. The fourth-order valence-corrected chi connectivity index (χ4v) is 4.21. The molecule has 1 heterocycles. The molecule has 1 saturated carbocycles. The fourth-order valence-electron chi connectivity index (χ4n) is 4.21. The van der Waals surface area contributed by atoms with Crippen LogP contribution in [0.2, 0.25) is 0 Å². The minimum atomic E-state index is -0.742. The number of carbonyl (C=O) groups is 3. The number of nitrogens with one attached hydrogen (secondary N) is 1. The summed E-state index contributed by atoms with van der Waals surface area (Å²) >= 11 is 0. The summed E-state index contributed by atoms with van der Waals surface area (Å²) in [6, 6.07) is 9.20. The third kappa shape index (κ3) is 4.49. The summed E-state index contributed by atoms with van der Waals surface area (Å²) < 4.78 is 0. The van der Waals surface area contributed by atoms with E-state index >= 15 is 0 Å². The molecule has 1 unspecified atom stereocenters. The van der Waals surface area contributed by atoms with Gasteiger partial charge in [0.15, 0.2) is 0 Å². The predicted molar refractivity (Wildman–Crippen MR) is 101 cm³/mol. The lowest BCUT2D eigenvalue weighted by atomic mass is 9.79. The van der Waals surface area contributed by atoms with Crippen LogP contribution in [0.25, 0.3) is 0 Å². The largest absolute Gasteiger partial charge is 0.481 e. The van der Waals surface area contributed by atoms with Gasteiger partial charge in [0, 0.05) is 24.7 Å². The van der Waals surface area contributed by atoms with Crippen LogP contribution in [0.1, 0.15) is 55.8 Å². The molecule has 1 aromatic carbocycles. The van der Waals surface area contributed by atoms with Gasteiger partial charge in [-0.15, -0.1) is 0 Å². The minimum absolute atomic E-state index is 0.0214. The third-order valence-corrected chi connectivity index (χ3v) is 5.96. The Morgan fingerprint density at radius 2 is 1.78 bits per heavy atom. The summed E-state index contributed by atoms with van der Waals surface area (Å²) in [4.78, 5) is 38.5. The van der Waals surface area contributed by atoms with Crippen LogP contribution in [-0.4, -0.2) is 46.9 Å². The van der Waals surface area contributed by atoms with E-state index < -0.39 is 11.4 Å². The Hall–Kier alpha value is -2.37. The van der Waals surface area contributed by atoms with E-state index in [1.165, 1.54) is 0 Å². The molecule has 6 nitrogen and oxygen atoms in total. The molecule has 146 valence electrons. The maximum Gasteiger partial charge on any atom is 0.306 e. The maximum absolute atomic E-state index is 12.9. The van der Waals surface area contributed by atoms with Gasteiger partial charge in [-0.05, 0) is 57.6 Å². The number of rotatable bonds is 4. The van der Waals surface area contributed by atoms with E-state index in [9.17, 15) is 14.4 Å². The molecular formula is C21H28N2O4. The smallest absolute Gasteiger partial charge is 0.306 e. The average Bonchev–Trinajstić information content (AvgIpc) is 2.68. The monoisotopic (exact) mass is 372 g/mol. The Labute approximate surface area is 159 Å². The highest BCUT2D eigenvalue weighted by Crippen LogP contribution is 2.32. The van der Waals surface area contributed by atoms with Crippen LogP contribution < -0.4 is 5.32 Å². The molecule has 2 amide bonds. The van der Waals surface area contributed by atoms with Crippen LogP contribution in [0.3, 0.4) is 0 Å². The van der Waals surface area contributed by atoms with E-state index in [4.69, 9.17) is 5.11 Å². The van der Waals surface area contributed by atoms with Crippen molar-refractivity contribution in [2.24, 2.45) is 11.3 Å². The molecule has 2 N–H and O–H groups in total. The summed E-state index contributed by atoms with van der Waals surface area (Å²) in [7, 11) is 0. The van der Waals surface area contributed by atoms with Gasteiger partial charge in [0.05, 0.1) is 11.3 Å². The molecule has 27 heavy (non-hydrogen) atoms. The number of hydrogen-bond acceptors (Lipinski definition) is 3. The normalized spacial score (nSPS) is 28.4. The number of benzene rings is 1. The van der Waals surface area contributed by atoms with Crippen molar-refractivity contribution in [1.82, 2.24) is 10.2 Å². The molecule has 0 spiro atoms. The van der Waals surface area contributed by atoms with Gasteiger partial charge in [-0.25, -0.2) is 0 Å². The molecule has 1 aliphatic heterocycles. The van der Waals surface area contributed by atoms with Crippen molar-refractivity contribution in [3.8, 4) is 0 Å². The molecule has 3 rings (SSSR count). The highest BCUT2D eigenvalue weighted by Gasteiger charge is 2.40. The molecular weight excluding hydrogens is 344 g/mol. The van der Waals surface area contributed by atoms with Crippen molar-refractivity contribution in [3.63, 3.8) is 0 Å². The molecule has 1 saturated heterocycles. The number of likely N-dealkylation sites (tertiary alicyclic amines) is 1. The Morgan fingerprint density at radius 1 is 1.11 bits per heavy atom. The summed E-state index contributed by atoms with van der Waals surface area (Å²) in [6.45, 7) is 3.01. The van der Waals surface area contributed by atoms with Gasteiger partial charge >= 0.3 is 5.97 Å². The topological polar surface area (TPSA) is 86.7 Å². The van der Waals surface area contributed by atoms with Gasteiger partial charge in [0.25, 0.3) is 5.91 Å². The average molecular weight is 372 g/mol. The van der Waals surface area contributed by atoms with Gasteiger partial charge in [-0.3, -0.25) is 14.4 Å². The van der Waals surface area contributed by atoms with E-state index in [0.717, 1.165) is 12.8 Å². The van der Waals surface area contributed by atoms with Crippen molar-refractivity contribution >= 4 is 17.8 Å². The lowest BCUT2D eigenvalue weighted by Gasteiger charge is -2.40. The summed E-state index contributed by atoms with van der Waals surface area (Å²) in [5, 5.41) is 12.2. The highest BCUT2D eigenvalue weighted by atomic mass is 16.4. The van der Waals surface area contributed by atoms with Crippen molar-refractivity contribution in [3.05, 3.63) is 35.9 Å². The predicted octanol–water partition coefficient (Wildman–Crippen LogP) is 2.69. The molecule has 1 aromatic rings. The zero-order valence-electron chi connectivity index (χ0n) is 15.8. The highest BCUT2D eigenvalue weighted by molar-refractivity contribution is 5.95. The van der Waals surface area contributed by atoms with Gasteiger partial charge in [-0.2, -0.15) is 0 Å². The van der Waals surface area contributed by atoms with E-state index in [-0.39, 0.29) is 23.8 Å². The van der Waals surface area contributed by atoms with Crippen LogP contribution >= 0.6 is 0 Å². The standard InChI is InChI=1S/C21H28N2O4/c1-21(20(27)22-17-10-8-16(9-11-17)19(25)26)12-5-13-23(14-21)18(24)15-6-3-2-4-7-15/h2-4,6-7,16-17H,5,8-14H2,1H3,(H,22,27)(H,25,26). The second kappa shape index (κ2) is 8.11. The zero-order chi connectivity index (χ0) is 19.4. The van der Waals surface area contributed by atoms with Gasteiger partial charge in [0.2, 0.25) is 5.91 Å². The first-order valence-corrected chi connectivity index (χ1v) is 9.77. The van der Waals surface area contributed by atoms with Gasteiger partial charge in [-0.1, -0.05) is 18.2 Å².